The third-order valence-electron chi connectivity index (χ3n) is 3.27. The Kier molecular flexibility index (Phi) is 5.82. The van der Waals surface area contributed by atoms with Crippen molar-refractivity contribution in [1.82, 2.24) is 0 Å². The summed E-state index contributed by atoms with van der Waals surface area (Å²) in [5.41, 5.74) is 1.39. The summed E-state index contributed by atoms with van der Waals surface area (Å²) in [5.74, 6) is 1.77. The van der Waals surface area contributed by atoms with Crippen molar-refractivity contribution in [2.24, 2.45) is 0 Å². The Bertz CT molecular complexity index is 738. The lowest BCUT2D eigenvalue weighted by atomic mass is 10.1. The maximum absolute atomic E-state index is 12.3. The molecule has 2 aromatic rings. The molecular formula is C18H17BrO4. The van der Waals surface area contributed by atoms with Crippen LogP contribution in [0.4, 0.5) is 0 Å². The fraction of sp³-hybridized carbons (Fsp3) is 0.167. The summed E-state index contributed by atoms with van der Waals surface area (Å²) in [6, 6.07) is 10.6. The second-order valence-electron chi connectivity index (χ2n) is 4.66. The maximum atomic E-state index is 12.3. The van der Waals surface area contributed by atoms with Crippen molar-refractivity contribution in [3.63, 3.8) is 0 Å². The van der Waals surface area contributed by atoms with Crippen LogP contribution in [-0.4, -0.2) is 27.1 Å². The summed E-state index contributed by atoms with van der Waals surface area (Å²) in [7, 11) is 4.72. The molecule has 5 heteroatoms. The minimum Gasteiger partial charge on any atom is -0.497 e. The van der Waals surface area contributed by atoms with Gasteiger partial charge in [-0.05, 0) is 42.0 Å². The molecule has 0 aromatic heterocycles. The predicted octanol–water partition coefficient (Wildman–Crippen LogP) is 4.37. The van der Waals surface area contributed by atoms with Gasteiger partial charge in [-0.15, -0.1) is 0 Å². The highest BCUT2D eigenvalue weighted by atomic mass is 79.9. The number of carbonyl (C=O) groups excluding carboxylic acids is 1. The van der Waals surface area contributed by atoms with Gasteiger partial charge in [-0.1, -0.05) is 28.1 Å². The van der Waals surface area contributed by atoms with Gasteiger partial charge in [0, 0.05) is 10.0 Å². The minimum absolute atomic E-state index is 0.106. The molecule has 0 spiro atoms. The van der Waals surface area contributed by atoms with Crippen LogP contribution in [0.2, 0.25) is 0 Å². The average molecular weight is 377 g/mol. The SMILES string of the molecule is COc1cccc(C(=O)/C=C/c2cc(OC)c(OC)cc2Br)c1. The van der Waals surface area contributed by atoms with Crippen LogP contribution in [0.1, 0.15) is 15.9 Å². The minimum atomic E-state index is -0.106. The Morgan fingerprint density at radius 3 is 2.35 bits per heavy atom. The van der Waals surface area contributed by atoms with Crippen LogP contribution in [0.25, 0.3) is 6.08 Å². The van der Waals surface area contributed by atoms with Gasteiger partial charge in [-0.25, -0.2) is 0 Å². The van der Waals surface area contributed by atoms with Gasteiger partial charge in [0.1, 0.15) is 5.75 Å². The van der Waals surface area contributed by atoms with Gasteiger partial charge < -0.3 is 14.2 Å². The second-order valence-corrected chi connectivity index (χ2v) is 5.51. The first-order valence-electron chi connectivity index (χ1n) is 6.87. The topological polar surface area (TPSA) is 44.8 Å². The van der Waals surface area contributed by atoms with E-state index in [1.807, 2.05) is 0 Å². The summed E-state index contributed by atoms with van der Waals surface area (Å²) in [4.78, 5) is 12.3. The summed E-state index contributed by atoms with van der Waals surface area (Å²) in [6.45, 7) is 0. The van der Waals surface area contributed by atoms with Gasteiger partial charge in [0.05, 0.1) is 21.3 Å². The highest BCUT2D eigenvalue weighted by Crippen LogP contribution is 2.33. The van der Waals surface area contributed by atoms with Crippen molar-refractivity contribution in [3.05, 3.63) is 58.1 Å². The molecule has 2 rings (SSSR count). The Balaban J connectivity index is 2.27. The van der Waals surface area contributed by atoms with E-state index in [0.717, 1.165) is 10.0 Å². The van der Waals surface area contributed by atoms with E-state index in [2.05, 4.69) is 15.9 Å². The number of halogens is 1. The number of rotatable bonds is 6. The van der Waals surface area contributed by atoms with Gasteiger partial charge in [-0.3, -0.25) is 4.79 Å². The van der Waals surface area contributed by atoms with Crippen LogP contribution in [-0.2, 0) is 0 Å². The van der Waals surface area contributed by atoms with Crippen molar-refractivity contribution in [1.29, 1.82) is 0 Å². The molecule has 0 atom stereocenters. The molecule has 0 unspecified atom stereocenters. The van der Waals surface area contributed by atoms with Crippen molar-refractivity contribution in [2.45, 2.75) is 0 Å². The van der Waals surface area contributed by atoms with Crippen molar-refractivity contribution in [3.8, 4) is 17.2 Å². The van der Waals surface area contributed by atoms with E-state index in [9.17, 15) is 4.79 Å². The van der Waals surface area contributed by atoms with Gasteiger partial charge >= 0.3 is 0 Å². The predicted molar refractivity (Wildman–Crippen MR) is 93.6 cm³/mol. The van der Waals surface area contributed by atoms with E-state index in [4.69, 9.17) is 14.2 Å². The Labute approximate surface area is 143 Å². The number of ketones is 1. The lowest BCUT2D eigenvalue weighted by Gasteiger charge is -2.09. The van der Waals surface area contributed by atoms with E-state index in [1.54, 1.807) is 63.8 Å². The van der Waals surface area contributed by atoms with Gasteiger partial charge in [0.25, 0.3) is 0 Å². The Hall–Kier alpha value is -2.27. The Morgan fingerprint density at radius 1 is 1.00 bits per heavy atom. The quantitative estimate of drug-likeness (QED) is 0.554. The van der Waals surface area contributed by atoms with Crippen LogP contribution >= 0.6 is 15.9 Å². The number of hydrogen-bond donors (Lipinski definition) is 0. The van der Waals surface area contributed by atoms with E-state index in [1.165, 1.54) is 6.08 Å². The molecule has 0 fully saturated rings. The highest BCUT2D eigenvalue weighted by Gasteiger charge is 2.09. The molecule has 0 saturated carbocycles. The monoisotopic (exact) mass is 376 g/mol. The van der Waals surface area contributed by atoms with Gasteiger partial charge in [0.2, 0.25) is 0 Å². The molecule has 4 nitrogen and oxygen atoms in total. The molecule has 0 N–H and O–H groups in total. The molecule has 0 saturated heterocycles. The number of benzene rings is 2. The number of carbonyl (C=O) groups is 1. The first-order chi connectivity index (χ1) is 11.1. The maximum Gasteiger partial charge on any atom is 0.185 e. The molecule has 0 bridgehead atoms. The molecule has 0 aliphatic rings. The van der Waals surface area contributed by atoms with Gasteiger partial charge in [0.15, 0.2) is 17.3 Å². The van der Waals surface area contributed by atoms with E-state index >= 15 is 0 Å². The third-order valence-corrected chi connectivity index (χ3v) is 3.96. The first kappa shape index (κ1) is 17.1. The summed E-state index contributed by atoms with van der Waals surface area (Å²) < 4.78 is 16.4. The molecule has 0 radical (unpaired) electrons. The zero-order valence-electron chi connectivity index (χ0n) is 13.1. The van der Waals surface area contributed by atoms with Crippen LogP contribution < -0.4 is 14.2 Å². The van der Waals surface area contributed by atoms with Crippen LogP contribution in [0.15, 0.2) is 46.9 Å². The van der Waals surface area contributed by atoms with Crippen molar-refractivity contribution >= 4 is 27.8 Å². The molecule has 120 valence electrons. The van der Waals surface area contributed by atoms with Gasteiger partial charge in [-0.2, -0.15) is 0 Å². The average Bonchev–Trinajstić information content (AvgIpc) is 2.60. The lowest BCUT2D eigenvalue weighted by Crippen LogP contribution is -1.95. The third kappa shape index (κ3) is 4.13. The first-order valence-corrected chi connectivity index (χ1v) is 7.66. The molecule has 0 aliphatic heterocycles. The molecule has 0 heterocycles. The lowest BCUT2D eigenvalue weighted by molar-refractivity contribution is 0.104. The van der Waals surface area contributed by atoms with Crippen molar-refractivity contribution < 1.29 is 19.0 Å². The van der Waals surface area contributed by atoms with E-state index in [0.29, 0.717) is 22.8 Å². The summed E-state index contributed by atoms with van der Waals surface area (Å²) in [5, 5.41) is 0. The normalized spacial score (nSPS) is 10.6. The molecule has 2 aromatic carbocycles. The summed E-state index contributed by atoms with van der Waals surface area (Å²) >= 11 is 3.46. The molecular weight excluding hydrogens is 360 g/mol. The number of hydrogen-bond acceptors (Lipinski definition) is 4. The van der Waals surface area contributed by atoms with Crippen LogP contribution in [0.3, 0.4) is 0 Å². The number of allylic oxidation sites excluding steroid dienone is 1. The highest BCUT2D eigenvalue weighted by molar-refractivity contribution is 9.10. The van der Waals surface area contributed by atoms with Crippen LogP contribution in [0.5, 0.6) is 17.2 Å². The second kappa shape index (κ2) is 7.83. The van der Waals surface area contributed by atoms with Crippen molar-refractivity contribution in [2.75, 3.05) is 21.3 Å². The standard InChI is InChI=1S/C18H17BrO4/c1-21-14-6-4-5-13(9-14)16(20)8-7-12-10-17(22-2)18(23-3)11-15(12)19/h4-11H,1-3H3/b8-7+. The van der Waals surface area contributed by atoms with E-state index < -0.39 is 0 Å². The number of ether oxygens (including phenoxy) is 3. The summed E-state index contributed by atoms with van der Waals surface area (Å²) in [6.07, 6.45) is 3.24. The smallest absolute Gasteiger partial charge is 0.185 e. The zero-order valence-corrected chi connectivity index (χ0v) is 14.7. The Morgan fingerprint density at radius 2 is 1.70 bits per heavy atom. The largest absolute Gasteiger partial charge is 0.497 e. The molecule has 0 aliphatic carbocycles. The number of methoxy groups -OCH3 is 3. The fourth-order valence-electron chi connectivity index (χ4n) is 2.04. The molecule has 0 amide bonds. The van der Waals surface area contributed by atoms with E-state index in [-0.39, 0.29) is 5.78 Å². The fourth-order valence-corrected chi connectivity index (χ4v) is 2.49. The zero-order chi connectivity index (χ0) is 16.8. The molecule has 23 heavy (non-hydrogen) atoms. The van der Waals surface area contributed by atoms with Crippen LogP contribution in [0, 0.1) is 0 Å².